The first kappa shape index (κ1) is 33.0. The number of carbonyl (C=O) groups excluding carboxylic acids is 2. The summed E-state index contributed by atoms with van der Waals surface area (Å²) < 4.78 is 42.7. The van der Waals surface area contributed by atoms with Gasteiger partial charge in [0.1, 0.15) is 18.4 Å². The number of amides is 2. The number of nitrogens with one attached hydrogen (secondary N) is 1. The van der Waals surface area contributed by atoms with Crippen molar-refractivity contribution in [2.45, 2.75) is 37.2 Å². The van der Waals surface area contributed by atoms with Gasteiger partial charge in [-0.3, -0.25) is 13.9 Å². The number of benzene rings is 4. The summed E-state index contributed by atoms with van der Waals surface area (Å²) in [5.74, 6) is -1.49. The molecule has 0 aromatic heterocycles. The van der Waals surface area contributed by atoms with Gasteiger partial charge >= 0.3 is 0 Å². The molecular formula is C33H32Cl2FN3O4S. The molecule has 0 aliphatic heterocycles. The summed E-state index contributed by atoms with van der Waals surface area (Å²) in [4.78, 5) is 29.3. The molecule has 0 heterocycles. The van der Waals surface area contributed by atoms with Crippen molar-refractivity contribution in [3.05, 3.63) is 130 Å². The van der Waals surface area contributed by atoms with Gasteiger partial charge in [-0.05, 0) is 60.0 Å². The molecule has 0 fully saturated rings. The van der Waals surface area contributed by atoms with Gasteiger partial charge in [-0.15, -0.1) is 0 Å². The molecule has 4 aromatic carbocycles. The molecule has 0 bridgehead atoms. The third-order valence-electron chi connectivity index (χ3n) is 6.89. The van der Waals surface area contributed by atoms with Crippen molar-refractivity contribution in [2.75, 3.05) is 17.4 Å². The Labute approximate surface area is 267 Å². The van der Waals surface area contributed by atoms with E-state index in [0.717, 1.165) is 9.87 Å². The van der Waals surface area contributed by atoms with Crippen LogP contribution in [0.4, 0.5) is 10.1 Å². The smallest absolute Gasteiger partial charge is 0.264 e. The number of halogens is 3. The van der Waals surface area contributed by atoms with Crippen LogP contribution in [-0.2, 0) is 32.6 Å². The predicted octanol–water partition coefficient (Wildman–Crippen LogP) is 6.49. The van der Waals surface area contributed by atoms with E-state index >= 15 is 0 Å². The zero-order valence-corrected chi connectivity index (χ0v) is 26.3. The first-order chi connectivity index (χ1) is 21.1. The van der Waals surface area contributed by atoms with Crippen molar-refractivity contribution in [1.29, 1.82) is 0 Å². The van der Waals surface area contributed by atoms with Crippen LogP contribution in [0.1, 0.15) is 24.5 Å². The van der Waals surface area contributed by atoms with Crippen molar-refractivity contribution >= 4 is 50.7 Å². The Hall–Kier alpha value is -3.92. The standard InChI is InChI=1S/C33H32Cl2FN3O4S/c1-2-19-37-33(41)31(20-24-9-5-3-6-10-24)38(22-25-13-15-26(36)16-14-25)32(40)23-39(27-17-18-29(34)30(35)21-27)44(42,43)28-11-7-4-8-12-28/h3-18,21,31H,2,19-20,22-23H2,1H3,(H,37,41)/t31-/m0/s1. The van der Waals surface area contributed by atoms with E-state index in [1.807, 2.05) is 37.3 Å². The van der Waals surface area contributed by atoms with Gasteiger partial charge in [-0.2, -0.15) is 0 Å². The molecule has 1 N–H and O–H groups in total. The Balaban J connectivity index is 1.80. The molecule has 0 aliphatic rings. The molecule has 0 aliphatic carbocycles. The minimum atomic E-state index is -4.28. The lowest BCUT2D eigenvalue weighted by Crippen LogP contribution is -2.53. The van der Waals surface area contributed by atoms with Crippen LogP contribution in [0.25, 0.3) is 0 Å². The second-order valence-electron chi connectivity index (χ2n) is 10.1. The second-order valence-corrected chi connectivity index (χ2v) is 12.7. The minimum Gasteiger partial charge on any atom is -0.354 e. The highest BCUT2D eigenvalue weighted by Crippen LogP contribution is 2.31. The monoisotopic (exact) mass is 655 g/mol. The number of anilines is 1. The lowest BCUT2D eigenvalue weighted by atomic mass is 10.0. The summed E-state index contributed by atoms with van der Waals surface area (Å²) in [6.45, 7) is 1.58. The van der Waals surface area contributed by atoms with E-state index < -0.39 is 40.2 Å². The Bertz CT molecular complexity index is 1670. The van der Waals surface area contributed by atoms with E-state index in [2.05, 4.69) is 5.32 Å². The molecule has 0 spiro atoms. The van der Waals surface area contributed by atoms with Crippen LogP contribution in [0.3, 0.4) is 0 Å². The fourth-order valence-electron chi connectivity index (χ4n) is 4.60. The van der Waals surface area contributed by atoms with E-state index in [9.17, 15) is 22.4 Å². The van der Waals surface area contributed by atoms with Gasteiger partial charge < -0.3 is 10.2 Å². The van der Waals surface area contributed by atoms with Gasteiger partial charge in [0, 0.05) is 19.5 Å². The molecule has 2 amide bonds. The van der Waals surface area contributed by atoms with Gasteiger partial charge in [-0.25, -0.2) is 12.8 Å². The first-order valence-electron chi connectivity index (χ1n) is 14.0. The molecule has 44 heavy (non-hydrogen) atoms. The van der Waals surface area contributed by atoms with Gasteiger partial charge in [0.05, 0.1) is 20.6 Å². The van der Waals surface area contributed by atoms with Crippen LogP contribution in [0.5, 0.6) is 0 Å². The number of hydrogen-bond donors (Lipinski definition) is 1. The fourth-order valence-corrected chi connectivity index (χ4v) is 6.31. The largest absolute Gasteiger partial charge is 0.354 e. The highest BCUT2D eigenvalue weighted by molar-refractivity contribution is 7.92. The second kappa shape index (κ2) is 15.2. The Morgan fingerprint density at radius 1 is 0.841 bits per heavy atom. The third-order valence-corrected chi connectivity index (χ3v) is 9.41. The lowest BCUT2D eigenvalue weighted by molar-refractivity contribution is -0.140. The summed E-state index contributed by atoms with van der Waals surface area (Å²) in [5.41, 5.74) is 1.49. The molecule has 0 saturated heterocycles. The summed E-state index contributed by atoms with van der Waals surface area (Å²) in [5, 5.41) is 3.20. The first-order valence-corrected chi connectivity index (χ1v) is 16.2. The average Bonchev–Trinajstić information content (AvgIpc) is 3.03. The Morgan fingerprint density at radius 2 is 1.48 bits per heavy atom. The number of hydrogen-bond acceptors (Lipinski definition) is 4. The SMILES string of the molecule is CCCNC(=O)[C@H](Cc1ccccc1)N(Cc1ccc(F)cc1)C(=O)CN(c1ccc(Cl)c(Cl)c1)S(=O)(=O)c1ccccc1. The maximum atomic E-state index is 14.3. The molecule has 4 aromatic rings. The van der Waals surface area contributed by atoms with Crippen LogP contribution < -0.4 is 9.62 Å². The van der Waals surface area contributed by atoms with Crippen LogP contribution in [-0.4, -0.2) is 44.3 Å². The third kappa shape index (κ3) is 8.37. The molecular weight excluding hydrogens is 624 g/mol. The molecule has 0 radical (unpaired) electrons. The summed E-state index contributed by atoms with van der Waals surface area (Å²) in [6, 6.07) is 25.8. The van der Waals surface area contributed by atoms with Crippen molar-refractivity contribution in [3.8, 4) is 0 Å². The van der Waals surface area contributed by atoms with Crippen LogP contribution in [0.15, 0.2) is 108 Å². The van der Waals surface area contributed by atoms with E-state index in [1.54, 1.807) is 18.2 Å². The zero-order chi connectivity index (χ0) is 31.7. The fraction of sp³-hybridized carbons (Fsp3) is 0.212. The zero-order valence-electron chi connectivity index (χ0n) is 24.0. The van der Waals surface area contributed by atoms with Crippen molar-refractivity contribution in [1.82, 2.24) is 10.2 Å². The normalized spacial score (nSPS) is 11.9. The summed E-state index contributed by atoms with van der Waals surface area (Å²) in [7, 11) is -4.28. The maximum Gasteiger partial charge on any atom is 0.264 e. The molecule has 11 heteroatoms. The lowest BCUT2D eigenvalue weighted by Gasteiger charge is -2.34. The Kier molecular flexibility index (Phi) is 11.4. The predicted molar refractivity (Wildman–Crippen MR) is 172 cm³/mol. The van der Waals surface area contributed by atoms with E-state index in [-0.39, 0.29) is 33.6 Å². The van der Waals surface area contributed by atoms with Crippen LogP contribution in [0, 0.1) is 5.82 Å². The maximum absolute atomic E-state index is 14.3. The highest BCUT2D eigenvalue weighted by atomic mass is 35.5. The van der Waals surface area contributed by atoms with Gasteiger partial charge in [0.15, 0.2) is 0 Å². The minimum absolute atomic E-state index is 0.0366. The van der Waals surface area contributed by atoms with Crippen LogP contribution >= 0.6 is 23.2 Å². The van der Waals surface area contributed by atoms with Crippen molar-refractivity contribution < 1.29 is 22.4 Å². The number of nitrogens with zero attached hydrogens (tertiary/aromatic N) is 2. The molecule has 230 valence electrons. The molecule has 7 nitrogen and oxygen atoms in total. The average molecular weight is 657 g/mol. The highest BCUT2D eigenvalue weighted by Gasteiger charge is 2.34. The van der Waals surface area contributed by atoms with E-state index in [1.165, 1.54) is 59.5 Å². The molecule has 4 rings (SSSR count). The molecule has 0 unspecified atom stereocenters. The van der Waals surface area contributed by atoms with Crippen molar-refractivity contribution in [3.63, 3.8) is 0 Å². The summed E-state index contributed by atoms with van der Waals surface area (Å²) >= 11 is 12.4. The molecule has 1 atom stereocenters. The van der Waals surface area contributed by atoms with Crippen LogP contribution in [0.2, 0.25) is 10.0 Å². The number of rotatable bonds is 13. The van der Waals surface area contributed by atoms with Gasteiger partial charge in [0.2, 0.25) is 11.8 Å². The number of carbonyl (C=O) groups is 2. The molecule has 0 saturated carbocycles. The quantitative estimate of drug-likeness (QED) is 0.178. The van der Waals surface area contributed by atoms with Gasteiger partial charge in [-0.1, -0.05) is 90.8 Å². The van der Waals surface area contributed by atoms with E-state index in [0.29, 0.717) is 18.5 Å². The van der Waals surface area contributed by atoms with E-state index in [4.69, 9.17) is 23.2 Å². The topological polar surface area (TPSA) is 86.8 Å². The van der Waals surface area contributed by atoms with Gasteiger partial charge in [0.25, 0.3) is 10.0 Å². The van der Waals surface area contributed by atoms with Crippen molar-refractivity contribution in [2.24, 2.45) is 0 Å². The Morgan fingerprint density at radius 3 is 2.09 bits per heavy atom. The summed E-state index contributed by atoms with van der Waals surface area (Å²) in [6.07, 6.45) is 0.845. The number of sulfonamides is 1.